The molecular formula is C15H27NO. The van der Waals surface area contributed by atoms with Crippen molar-refractivity contribution < 1.29 is 4.42 Å². The minimum Gasteiger partial charge on any atom is -0.464 e. The normalized spacial score (nSPS) is 13.2. The minimum absolute atomic E-state index is 0.371. The van der Waals surface area contributed by atoms with Crippen LogP contribution in [-0.2, 0) is 6.42 Å². The van der Waals surface area contributed by atoms with Crippen LogP contribution >= 0.6 is 0 Å². The van der Waals surface area contributed by atoms with Gasteiger partial charge in [-0.25, -0.2) is 0 Å². The Bertz CT molecular complexity index is 300. The molecule has 98 valence electrons. The van der Waals surface area contributed by atoms with Gasteiger partial charge >= 0.3 is 0 Å². The fraction of sp³-hybridized carbons (Fsp3) is 0.733. The summed E-state index contributed by atoms with van der Waals surface area (Å²) in [6, 6.07) is 4.61. The van der Waals surface area contributed by atoms with E-state index < -0.39 is 0 Å². The third-order valence-electron chi connectivity index (χ3n) is 3.44. The van der Waals surface area contributed by atoms with Gasteiger partial charge in [0.05, 0.1) is 6.04 Å². The van der Waals surface area contributed by atoms with E-state index in [0.717, 1.165) is 17.9 Å². The largest absolute Gasteiger partial charge is 0.464 e. The van der Waals surface area contributed by atoms with E-state index in [4.69, 9.17) is 4.42 Å². The topological polar surface area (TPSA) is 25.2 Å². The van der Waals surface area contributed by atoms with Crippen LogP contribution in [0.4, 0.5) is 0 Å². The molecule has 0 saturated carbocycles. The molecule has 1 rings (SSSR count). The lowest BCUT2D eigenvalue weighted by Crippen LogP contribution is -2.25. The lowest BCUT2D eigenvalue weighted by molar-refractivity contribution is 0.284. The lowest BCUT2D eigenvalue weighted by atomic mass is 9.89. The molecule has 1 aromatic rings. The third kappa shape index (κ3) is 3.88. The predicted octanol–water partition coefficient (Wildman–Crippen LogP) is 4.32. The van der Waals surface area contributed by atoms with Crippen molar-refractivity contribution in [3.05, 3.63) is 23.7 Å². The maximum atomic E-state index is 5.90. The fourth-order valence-electron chi connectivity index (χ4n) is 2.58. The highest BCUT2D eigenvalue weighted by atomic mass is 16.3. The van der Waals surface area contributed by atoms with Crippen molar-refractivity contribution in [2.75, 3.05) is 7.05 Å². The molecule has 0 aromatic carbocycles. The smallest absolute Gasteiger partial charge is 0.121 e. The molecule has 0 radical (unpaired) electrons. The van der Waals surface area contributed by atoms with Crippen molar-refractivity contribution in [1.82, 2.24) is 5.32 Å². The number of furan rings is 1. The molecule has 1 heterocycles. The van der Waals surface area contributed by atoms with Gasteiger partial charge in [0.25, 0.3) is 0 Å². The number of hydrogen-bond donors (Lipinski definition) is 1. The molecular weight excluding hydrogens is 210 g/mol. The maximum absolute atomic E-state index is 5.90. The van der Waals surface area contributed by atoms with Crippen LogP contribution in [0.3, 0.4) is 0 Å². The Morgan fingerprint density at radius 1 is 1.12 bits per heavy atom. The number of nitrogens with one attached hydrogen (secondary N) is 1. The number of hydrogen-bond acceptors (Lipinski definition) is 2. The van der Waals surface area contributed by atoms with E-state index in [1.165, 1.54) is 25.7 Å². The second-order valence-corrected chi connectivity index (χ2v) is 4.76. The van der Waals surface area contributed by atoms with Gasteiger partial charge in [-0.2, -0.15) is 0 Å². The van der Waals surface area contributed by atoms with E-state index in [-0.39, 0.29) is 0 Å². The summed E-state index contributed by atoms with van der Waals surface area (Å²) in [5, 5.41) is 3.43. The van der Waals surface area contributed by atoms with Gasteiger partial charge in [-0.05, 0) is 37.9 Å². The Balaban J connectivity index is 2.79. The van der Waals surface area contributed by atoms with Gasteiger partial charge < -0.3 is 9.73 Å². The van der Waals surface area contributed by atoms with Crippen LogP contribution in [0.2, 0.25) is 0 Å². The fourth-order valence-corrected chi connectivity index (χ4v) is 2.58. The summed E-state index contributed by atoms with van der Waals surface area (Å²) in [7, 11) is 2.04. The van der Waals surface area contributed by atoms with Crippen LogP contribution in [0, 0.1) is 5.92 Å². The van der Waals surface area contributed by atoms with Crippen LogP contribution in [0.5, 0.6) is 0 Å². The first-order chi connectivity index (χ1) is 8.26. The van der Waals surface area contributed by atoms with Crippen molar-refractivity contribution >= 4 is 0 Å². The molecule has 1 aromatic heterocycles. The average molecular weight is 237 g/mol. The number of rotatable bonds is 8. The highest BCUT2D eigenvalue weighted by Crippen LogP contribution is 2.30. The molecule has 0 amide bonds. The summed E-state index contributed by atoms with van der Waals surface area (Å²) < 4.78 is 5.90. The van der Waals surface area contributed by atoms with Crippen LogP contribution in [0.1, 0.15) is 64.0 Å². The lowest BCUT2D eigenvalue weighted by Gasteiger charge is -2.24. The first-order valence-electron chi connectivity index (χ1n) is 7.02. The van der Waals surface area contributed by atoms with Crippen LogP contribution in [-0.4, -0.2) is 7.05 Å². The van der Waals surface area contributed by atoms with E-state index in [1.807, 2.05) is 7.05 Å². The summed E-state index contributed by atoms with van der Waals surface area (Å²) in [6.07, 6.45) is 5.99. The summed E-state index contributed by atoms with van der Waals surface area (Å²) >= 11 is 0. The molecule has 0 bridgehead atoms. The summed E-state index contributed by atoms with van der Waals surface area (Å²) in [5.74, 6) is 2.88. The average Bonchev–Trinajstić information content (AvgIpc) is 2.79. The van der Waals surface area contributed by atoms with Gasteiger partial charge in [-0.1, -0.05) is 33.6 Å². The molecule has 1 unspecified atom stereocenters. The van der Waals surface area contributed by atoms with Crippen molar-refractivity contribution in [3.8, 4) is 0 Å². The first-order valence-corrected chi connectivity index (χ1v) is 7.02. The van der Waals surface area contributed by atoms with Gasteiger partial charge in [0.15, 0.2) is 0 Å². The molecule has 0 spiro atoms. The Hall–Kier alpha value is -0.760. The van der Waals surface area contributed by atoms with Gasteiger partial charge in [-0.3, -0.25) is 0 Å². The monoisotopic (exact) mass is 237 g/mol. The second kappa shape index (κ2) is 7.54. The van der Waals surface area contributed by atoms with Crippen LogP contribution in [0.15, 0.2) is 16.5 Å². The molecule has 0 fully saturated rings. The van der Waals surface area contributed by atoms with Crippen LogP contribution in [0.25, 0.3) is 0 Å². The van der Waals surface area contributed by atoms with E-state index >= 15 is 0 Å². The number of aryl methyl sites for hydroxylation is 1. The predicted molar refractivity (Wildman–Crippen MR) is 73.2 cm³/mol. The molecule has 17 heavy (non-hydrogen) atoms. The van der Waals surface area contributed by atoms with E-state index in [2.05, 4.69) is 38.2 Å². The van der Waals surface area contributed by atoms with Crippen molar-refractivity contribution in [1.29, 1.82) is 0 Å². The molecule has 1 N–H and O–H groups in total. The zero-order valence-electron chi connectivity index (χ0n) is 11.8. The zero-order valence-corrected chi connectivity index (χ0v) is 11.8. The Labute approximate surface area is 106 Å². The summed E-state index contributed by atoms with van der Waals surface area (Å²) in [5.41, 5.74) is 0. The van der Waals surface area contributed by atoms with Gasteiger partial charge in [0.2, 0.25) is 0 Å². The zero-order chi connectivity index (χ0) is 12.7. The minimum atomic E-state index is 0.371. The van der Waals surface area contributed by atoms with E-state index in [1.54, 1.807) is 0 Å². The Morgan fingerprint density at radius 2 is 1.76 bits per heavy atom. The highest BCUT2D eigenvalue weighted by Gasteiger charge is 2.23. The summed E-state index contributed by atoms with van der Waals surface area (Å²) in [6.45, 7) is 6.65. The molecule has 0 aliphatic carbocycles. The first kappa shape index (κ1) is 14.3. The Kier molecular flexibility index (Phi) is 6.35. The second-order valence-electron chi connectivity index (χ2n) is 4.76. The molecule has 2 nitrogen and oxygen atoms in total. The SMILES string of the molecule is CCCC(CCC)C(NC)c1ccc(CC)o1. The van der Waals surface area contributed by atoms with Gasteiger partial charge in [0.1, 0.15) is 11.5 Å². The van der Waals surface area contributed by atoms with Crippen molar-refractivity contribution in [2.24, 2.45) is 5.92 Å². The molecule has 0 aliphatic heterocycles. The van der Waals surface area contributed by atoms with E-state index in [9.17, 15) is 0 Å². The van der Waals surface area contributed by atoms with Crippen molar-refractivity contribution in [2.45, 2.75) is 58.9 Å². The molecule has 0 aliphatic rings. The standard InChI is InChI=1S/C15H27NO/c1-5-8-12(9-6-2)15(16-4)14-11-10-13(7-3)17-14/h10-12,15-16H,5-9H2,1-4H3. The van der Waals surface area contributed by atoms with E-state index in [0.29, 0.717) is 12.0 Å². The van der Waals surface area contributed by atoms with Crippen LogP contribution < -0.4 is 5.32 Å². The molecule has 1 atom stereocenters. The quantitative estimate of drug-likeness (QED) is 0.728. The highest BCUT2D eigenvalue weighted by molar-refractivity contribution is 5.11. The maximum Gasteiger partial charge on any atom is 0.121 e. The third-order valence-corrected chi connectivity index (χ3v) is 3.44. The molecule has 2 heteroatoms. The summed E-state index contributed by atoms with van der Waals surface area (Å²) in [4.78, 5) is 0. The van der Waals surface area contributed by atoms with Gasteiger partial charge in [-0.15, -0.1) is 0 Å². The Morgan fingerprint density at radius 3 is 2.18 bits per heavy atom. The molecule has 0 saturated heterocycles. The van der Waals surface area contributed by atoms with Crippen molar-refractivity contribution in [3.63, 3.8) is 0 Å². The van der Waals surface area contributed by atoms with Gasteiger partial charge in [0, 0.05) is 6.42 Å².